The van der Waals surface area contributed by atoms with Gasteiger partial charge in [-0.25, -0.2) is 0 Å². The summed E-state index contributed by atoms with van der Waals surface area (Å²) in [5.74, 6) is -0.353. The smallest absolute Gasteiger partial charge is 0.389 e. The van der Waals surface area contributed by atoms with Crippen molar-refractivity contribution >= 4 is 5.97 Å². The number of rotatable bonds is 4. The highest BCUT2D eigenvalue weighted by molar-refractivity contribution is 5.76. The number of carbonyl (C=O) groups is 1. The first-order valence-corrected chi connectivity index (χ1v) is 4.82. The lowest BCUT2D eigenvalue weighted by molar-refractivity contribution is -0.153. The number of nitrogens with zero attached hydrogens (tertiary/aromatic N) is 1. The van der Waals surface area contributed by atoms with Crippen molar-refractivity contribution in [3.63, 3.8) is 0 Å². The van der Waals surface area contributed by atoms with E-state index in [0.29, 0.717) is 19.5 Å². The fraction of sp³-hybridized carbons (Fsp3) is 0.889. The van der Waals surface area contributed by atoms with Crippen molar-refractivity contribution in [1.29, 1.82) is 0 Å². The minimum atomic E-state index is -4.11. The fourth-order valence-electron chi connectivity index (χ4n) is 1.59. The summed E-state index contributed by atoms with van der Waals surface area (Å²) in [5, 5.41) is 0. The number of alkyl halides is 3. The van der Waals surface area contributed by atoms with Crippen LogP contribution in [-0.4, -0.2) is 43.3 Å². The molecule has 1 aliphatic heterocycles. The van der Waals surface area contributed by atoms with Gasteiger partial charge in [0.05, 0.1) is 7.11 Å². The van der Waals surface area contributed by atoms with Gasteiger partial charge < -0.3 is 4.74 Å². The quantitative estimate of drug-likeness (QED) is 0.680. The Morgan fingerprint density at radius 2 is 2.20 bits per heavy atom. The van der Waals surface area contributed by atoms with Crippen molar-refractivity contribution in [2.75, 3.05) is 20.2 Å². The van der Waals surface area contributed by atoms with Crippen LogP contribution in [0.1, 0.15) is 19.3 Å². The molecule has 1 saturated heterocycles. The molecule has 0 bridgehead atoms. The molecule has 0 aliphatic carbocycles. The largest absolute Gasteiger partial charge is 0.468 e. The normalized spacial score (nSPS) is 22.3. The SMILES string of the molecule is COC(=O)C1CCN1CCCC(F)(F)F. The van der Waals surface area contributed by atoms with E-state index in [9.17, 15) is 18.0 Å². The predicted molar refractivity (Wildman–Crippen MR) is 47.3 cm³/mol. The van der Waals surface area contributed by atoms with Gasteiger partial charge in [0, 0.05) is 13.0 Å². The lowest BCUT2D eigenvalue weighted by Gasteiger charge is -2.38. The van der Waals surface area contributed by atoms with E-state index in [1.807, 2.05) is 0 Å². The van der Waals surface area contributed by atoms with E-state index in [-0.39, 0.29) is 18.4 Å². The summed E-state index contributed by atoms with van der Waals surface area (Å²) < 4.78 is 40.0. The number of hydrogen-bond acceptors (Lipinski definition) is 3. The Hall–Kier alpha value is -0.780. The average Bonchev–Trinajstić information content (AvgIpc) is 2.08. The Balaban J connectivity index is 2.20. The van der Waals surface area contributed by atoms with Gasteiger partial charge in [0.2, 0.25) is 0 Å². The first-order chi connectivity index (χ1) is 6.94. The molecule has 1 atom stereocenters. The van der Waals surface area contributed by atoms with E-state index in [1.165, 1.54) is 7.11 Å². The van der Waals surface area contributed by atoms with Crippen LogP contribution < -0.4 is 0 Å². The van der Waals surface area contributed by atoms with Crippen LogP contribution in [0.25, 0.3) is 0 Å². The monoisotopic (exact) mass is 225 g/mol. The average molecular weight is 225 g/mol. The number of carbonyl (C=O) groups excluding carboxylic acids is 1. The Morgan fingerprint density at radius 3 is 2.60 bits per heavy atom. The minimum Gasteiger partial charge on any atom is -0.468 e. The highest BCUT2D eigenvalue weighted by Crippen LogP contribution is 2.24. The van der Waals surface area contributed by atoms with Crippen LogP contribution >= 0.6 is 0 Å². The van der Waals surface area contributed by atoms with Gasteiger partial charge in [0.1, 0.15) is 6.04 Å². The Labute approximate surface area is 86.2 Å². The van der Waals surface area contributed by atoms with Gasteiger partial charge in [-0.1, -0.05) is 0 Å². The van der Waals surface area contributed by atoms with Gasteiger partial charge in [0.15, 0.2) is 0 Å². The first kappa shape index (κ1) is 12.3. The van der Waals surface area contributed by atoms with Crippen molar-refractivity contribution in [2.45, 2.75) is 31.5 Å². The van der Waals surface area contributed by atoms with Gasteiger partial charge in [-0.2, -0.15) is 13.2 Å². The Morgan fingerprint density at radius 1 is 1.53 bits per heavy atom. The Kier molecular flexibility index (Phi) is 3.96. The van der Waals surface area contributed by atoms with Crippen LogP contribution in [0.2, 0.25) is 0 Å². The molecule has 0 saturated carbocycles. The van der Waals surface area contributed by atoms with Gasteiger partial charge in [-0.15, -0.1) is 0 Å². The van der Waals surface area contributed by atoms with Crippen LogP contribution in [0.4, 0.5) is 13.2 Å². The highest BCUT2D eigenvalue weighted by Gasteiger charge is 2.35. The van der Waals surface area contributed by atoms with Gasteiger partial charge >= 0.3 is 12.1 Å². The van der Waals surface area contributed by atoms with E-state index in [2.05, 4.69) is 4.74 Å². The molecule has 0 N–H and O–H groups in total. The first-order valence-electron chi connectivity index (χ1n) is 4.82. The molecule has 1 rings (SSSR count). The third kappa shape index (κ3) is 3.70. The maximum absolute atomic E-state index is 11.8. The standard InChI is InChI=1S/C9H14F3NO2/c1-15-8(14)7-3-6-13(7)5-2-4-9(10,11)12/h7H,2-6H2,1H3. The molecule has 88 valence electrons. The lowest BCUT2D eigenvalue weighted by Crippen LogP contribution is -2.53. The maximum atomic E-state index is 11.8. The molecule has 0 aromatic carbocycles. The molecule has 15 heavy (non-hydrogen) atoms. The molecular formula is C9H14F3NO2. The van der Waals surface area contributed by atoms with Crippen LogP contribution in [0.3, 0.4) is 0 Å². The second-order valence-electron chi connectivity index (χ2n) is 3.58. The molecule has 1 aliphatic rings. The molecule has 1 fully saturated rings. The van der Waals surface area contributed by atoms with Gasteiger partial charge in [0.25, 0.3) is 0 Å². The number of esters is 1. The second-order valence-corrected chi connectivity index (χ2v) is 3.58. The number of hydrogen-bond donors (Lipinski definition) is 0. The summed E-state index contributed by atoms with van der Waals surface area (Å²) in [5.41, 5.74) is 0. The van der Waals surface area contributed by atoms with Crippen molar-refractivity contribution in [2.24, 2.45) is 0 Å². The number of likely N-dealkylation sites (tertiary alicyclic amines) is 1. The van der Waals surface area contributed by atoms with Crippen LogP contribution in [-0.2, 0) is 9.53 Å². The maximum Gasteiger partial charge on any atom is 0.389 e. The third-order valence-corrected chi connectivity index (χ3v) is 2.51. The van der Waals surface area contributed by atoms with Crippen molar-refractivity contribution in [1.82, 2.24) is 4.90 Å². The summed E-state index contributed by atoms with van der Waals surface area (Å²) in [4.78, 5) is 12.8. The molecular weight excluding hydrogens is 211 g/mol. The lowest BCUT2D eigenvalue weighted by atomic mass is 10.0. The predicted octanol–water partition coefficient (Wildman–Crippen LogP) is 1.58. The molecule has 6 heteroatoms. The van der Waals surface area contributed by atoms with Crippen molar-refractivity contribution in [3.05, 3.63) is 0 Å². The van der Waals surface area contributed by atoms with E-state index in [4.69, 9.17) is 0 Å². The van der Waals surface area contributed by atoms with E-state index >= 15 is 0 Å². The summed E-state index contributed by atoms with van der Waals surface area (Å²) >= 11 is 0. The molecule has 0 aromatic rings. The summed E-state index contributed by atoms with van der Waals surface area (Å²) in [7, 11) is 1.29. The van der Waals surface area contributed by atoms with Crippen molar-refractivity contribution < 1.29 is 22.7 Å². The van der Waals surface area contributed by atoms with E-state index < -0.39 is 12.6 Å². The minimum absolute atomic E-state index is 0.0387. The second kappa shape index (κ2) is 4.83. The third-order valence-electron chi connectivity index (χ3n) is 2.51. The fourth-order valence-corrected chi connectivity index (χ4v) is 1.59. The summed E-state index contributed by atoms with van der Waals surface area (Å²) in [6, 6.07) is -0.330. The van der Waals surface area contributed by atoms with Crippen LogP contribution in [0.5, 0.6) is 0 Å². The number of methoxy groups -OCH3 is 1. The zero-order chi connectivity index (χ0) is 11.5. The number of ether oxygens (including phenoxy) is 1. The van der Waals surface area contributed by atoms with Gasteiger partial charge in [-0.3, -0.25) is 9.69 Å². The Bertz CT molecular complexity index is 230. The van der Waals surface area contributed by atoms with E-state index in [0.717, 1.165) is 0 Å². The molecule has 3 nitrogen and oxygen atoms in total. The molecule has 0 amide bonds. The zero-order valence-electron chi connectivity index (χ0n) is 8.51. The van der Waals surface area contributed by atoms with Crippen molar-refractivity contribution in [3.8, 4) is 0 Å². The summed E-state index contributed by atoms with van der Waals surface area (Å²) in [6.07, 6.45) is -4.18. The highest BCUT2D eigenvalue weighted by atomic mass is 19.4. The molecule has 1 heterocycles. The van der Waals surface area contributed by atoms with Crippen LogP contribution in [0.15, 0.2) is 0 Å². The summed E-state index contributed by atoms with van der Waals surface area (Å²) in [6.45, 7) is 0.983. The zero-order valence-corrected chi connectivity index (χ0v) is 8.51. The molecule has 0 aromatic heterocycles. The van der Waals surface area contributed by atoms with Gasteiger partial charge in [-0.05, 0) is 19.4 Å². The number of halogens is 3. The van der Waals surface area contributed by atoms with Crippen LogP contribution in [0, 0.1) is 0 Å². The molecule has 1 unspecified atom stereocenters. The topological polar surface area (TPSA) is 29.5 Å². The molecule has 0 radical (unpaired) electrons. The molecule has 0 spiro atoms. The van der Waals surface area contributed by atoms with E-state index in [1.54, 1.807) is 4.90 Å².